The average Bonchev–Trinajstić information content (AvgIpc) is 3.12. The molecule has 1 heterocycles. The number of methoxy groups -OCH3 is 2. The fourth-order valence-electron chi connectivity index (χ4n) is 3.04. The van der Waals surface area contributed by atoms with Gasteiger partial charge in [0.15, 0.2) is 0 Å². The summed E-state index contributed by atoms with van der Waals surface area (Å²) in [5.74, 6) is 7.73. The van der Waals surface area contributed by atoms with Crippen molar-refractivity contribution in [1.29, 1.82) is 0 Å². The fourth-order valence-corrected chi connectivity index (χ4v) is 3.04. The summed E-state index contributed by atoms with van der Waals surface area (Å²) in [7, 11) is 3.31. The molecule has 0 amide bonds. The first-order valence-electron chi connectivity index (χ1n) is 8.39. The van der Waals surface area contributed by atoms with Crippen molar-refractivity contribution in [3.63, 3.8) is 0 Å². The lowest BCUT2D eigenvalue weighted by Crippen LogP contribution is -2.36. The normalized spacial score (nSPS) is 28.8. The largest absolute Gasteiger partial charge is 0.498 e. The lowest BCUT2D eigenvalue weighted by molar-refractivity contribution is 0.0152. The van der Waals surface area contributed by atoms with Gasteiger partial charge in [0.25, 0.3) is 0 Å². The summed E-state index contributed by atoms with van der Waals surface area (Å²) < 4.78 is 22.6. The molecule has 2 unspecified atom stereocenters. The third-order valence-electron chi connectivity index (χ3n) is 4.38. The molecule has 0 bridgehead atoms. The molecule has 0 aromatic heterocycles. The highest BCUT2D eigenvalue weighted by Gasteiger charge is 2.30. The summed E-state index contributed by atoms with van der Waals surface area (Å²) >= 11 is 0. The Morgan fingerprint density at radius 1 is 1.38 bits per heavy atom. The predicted molar refractivity (Wildman–Crippen MR) is 92.3 cm³/mol. The number of hydrogen-bond acceptors (Lipinski definition) is 7. The first-order chi connectivity index (χ1) is 11.6. The minimum atomic E-state index is -0.156. The summed E-state index contributed by atoms with van der Waals surface area (Å²) in [4.78, 5) is 0. The van der Waals surface area contributed by atoms with Crippen LogP contribution in [0.3, 0.4) is 0 Å². The van der Waals surface area contributed by atoms with E-state index in [0.717, 1.165) is 30.9 Å². The Kier molecular flexibility index (Phi) is 6.93. The van der Waals surface area contributed by atoms with E-state index in [1.807, 2.05) is 26.0 Å². The van der Waals surface area contributed by atoms with Crippen LogP contribution in [0, 0.1) is 5.92 Å². The van der Waals surface area contributed by atoms with Crippen LogP contribution in [0.4, 0.5) is 0 Å². The predicted octanol–water partition coefficient (Wildman–Crippen LogP) is 1.51. The molecule has 7 nitrogen and oxygen atoms in total. The number of hydrazone groups is 1. The lowest BCUT2D eigenvalue weighted by atomic mass is 9.95. The molecule has 2 aliphatic rings. The Hall–Kier alpha value is -1.73. The zero-order valence-electron chi connectivity index (χ0n) is 15.0. The molecule has 3 N–H and O–H groups in total. The number of ether oxygens (including phenoxy) is 4. The van der Waals surface area contributed by atoms with Crippen molar-refractivity contribution >= 4 is 5.90 Å². The van der Waals surface area contributed by atoms with Gasteiger partial charge in [0, 0.05) is 13.0 Å². The van der Waals surface area contributed by atoms with Gasteiger partial charge in [-0.3, -0.25) is 0 Å². The van der Waals surface area contributed by atoms with Gasteiger partial charge in [0.1, 0.15) is 30.3 Å². The number of hydrogen-bond donors (Lipinski definition) is 2. The average molecular weight is 339 g/mol. The highest BCUT2D eigenvalue weighted by molar-refractivity contribution is 5.82. The van der Waals surface area contributed by atoms with E-state index in [2.05, 4.69) is 10.4 Å². The zero-order chi connectivity index (χ0) is 17.5. The number of nitrogens with two attached hydrogens (primary N) is 1. The van der Waals surface area contributed by atoms with Crippen molar-refractivity contribution in [2.45, 2.75) is 44.9 Å². The van der Waals surface area contributed by atoms with Gasteiger partial charge in [-0.05, 0) is 38.5 Å². The van der Waals surface area contributed by atoms with Crippen molar-refractivity contribution in [3.8, 4) is 0 Å². The molecule has 1 saturated heterocycles. The van der Waals surface area contributed by atoms with Crippen LogP contribution < -0.4 is 11.2 Å². The summed E-state index contributed by atoms with van der Waals surface area (Å²) in [5, 5.41) is 7.11. The van der Waals surface area contributed by atoms with E-state index < -0.39 is 0 Å². The number of nitrogens with zero attached hydrogens (tertiary/aromatic N) is 1. The van der Waals surface area contributed by atoms with Gasteiger partial charge in [-0.2, -0.15) is 0 Å². The van der Waals surface area contributed by atoms with Gasteiger partial charge < -0.3 is 30.1 Å². The maximum absolute atomic E-state index is 5.93. The Labute approximate surface area is 143 Å². The maximum Gasteiger partial charge on any atom is 0.223 e. The molecule has 0 saturated carbocycles. The Morgan fingerprint density at radius 3 is 2.71 bits per heavy atom. The van der Waals surface area contributed by atoms with E-state index in [-0.39, 0.29) is 24.2 Å². The second kappa shape index (κ2) is 8.94. The topological polar surface area (TPSA) is 87.3 Å². The maximum atomic E-state index is 5.93. The SMILES string of the molecule is COC1=CC=C(OCC(C)O/C(=N\N)[C@@H]2CCCN2)[C@H](C)C1OC. The Balaban J connectivity index is 1.87. The van der Waals surface area contributed by atoms with Gasteiger partial charge >= 0.3 is 0 Å². The zero-order valence-corrected chi connectivity index (χ0v) is 15.0. The van der Waals surface area contributed by atoms with Crippen molar-refractivity contribution in [3.05, 3.63) is 23.7 Å². The molecule has 1 fully saturated rings. The molecule has 0 aromatic carbocycles. The Morgan fingerprint density at radius 2 is 2.12 bits per heavy atom. The number of allylic oxidation sites excluding steroid dienone is 2. The monoisotopic (exact) mass is 339 g/mol. The van der Waals surface area contributed by atoms with Crippen molar-refractivity contribution in [1.82, 2.24) is 5.32 Å². The van der Waals surface area contributed by atoms with Crippen molar-refractivity contribution in [2.75, 3.05) is 27.4 Å². The molecule has 136 valence electrons. The third-order valence-corrected chi connectivity index (χ3v) is 4.38. The van der Waals surface area contributed by atoms with Gasteiger partial charge in [-0.1, -0.05) is 6.92 Å². The fraction of sp³-hybridized carbons (Fsp3) is 0.706. The van der Waals surface area contributed by atoms with Crippen LogP contribution in [-0.2, 0) is 18.9 Å². The first-order valence-corrected chi connectivity index (χ1v) is 8.39. The summed E-state index contributed by atoms with van der Waals surface area (Å²) in [6.07, 6.45) is 5.60. The molecular weight excluding hydrogens is 310 g/mol. The standard InChI is InChI=1S/C17H29N3O4/c1-11(24-17(20-18)13-6-5-9-19-13)10-23-14-7-8-15(21-3)16(22-4)12(14)2/h7-8,11-13,16,19H,5-6,9-10,18H2,1-4H3/b20-17-/t11?,12-,13-,16?/m0/s1. The molecule has 4 atom stereocenters. The Bertz CT molecular complexity index is 498. The van der Waals surface area contributed by atoms with Crippen LogP contribution >= 0.6 is 0 Å². The summed E-state index contributed by atoms with van der Waals surface area (Å²) in [5.41, 5.74) is 0. The number of nitrogens with one attached hydrogen (secondary N) is 1. The van der Waals surface area contributed by atoms with Crippen LogP contribution in [0.1, 0.15) is 26.7 Å². The van der Waals surface area contributed by atoms with Gasteiger partial charge in [-0.15, -0.1) is 5.10 Å². The van der Waals surface area contributed by atoms with Gasteiger partial charge in [0.05, 0.1) is 13.2 Å². The van der Waals surface area contributed by atoms with E-state index in [4.69, 9.17) is 24.8 Å². The molecule has 24 heavy (non-hydrogen) atoms. The minimum Gasteiger partial charge on any atom is -0.498 e. The molecule has 0 spiro atoms. The lowest BCUT2D eigenvalue weighted by Gasteiger charge is -2.30. The quantitative estimate of drug-likeness (QED) is 0.316. The summed E-state index contributed by atoms with van der Waals surface area (Å²) in [6.45, 7) is 5.37. The van der Waals surface area contributed by atoms with E-state index >= 15 is 0 Å². The molecule has 2 rings (SSSR count). The molecule has 1 aliphatic carbocycles. The smallest absolute Gasteiger partial charge is 0.223 e. The third kappa shape index (κ3) is 4.42. The molecule has 1 aliphatic heterocycles. The molecule has 0 radical (unpaired) electrons. The van der Waals surface area contributed by atoms with Gasteiger partial charge in [0.2, 0.25) is 5.90 Å². The molecular formula is C17H29N3O4. The molecule has 7 heteroatoms. The van der Waals surface area contributed by atoms with Crippen molar-refractivity contribution < 1.29 is 18.9 Å². The van der Waals surface area contributed by atoms with E-state index in [1.54, 1.807) is 14.2 Å². The first kappa shape index (κ1) is 18.6. The van der Waals surface area contributed by atoms with Crippen molar-refractivity contribution in [2.24, 2.45) is 16.9 Å². The van der Waals surface area contributed by atoms with E-state index in [1.165, 1.54) is 0 Å². The summed E-state index contributed by atoms with van der Waals surface area (Å²) in [6, 6.07) is 0.107. The van der Waals surface area contributed by atoms with Crippen LogP contribution in [0.25, 0.3) is 0 Å². The molecule has 0 aromatic rings. The minimum absolute atomic E-state index is 0.0706. The van der Waals surface area contributed by atoms with Crippen LogP contribution in [0.15, 0.2) is 28.8 Å². The van der Waals surface area contributed by atoms with Crippen LogP contribution in [0.5, 0.6) is 0 Å². The second-order valence-electron chi connectivity index (χ2n) is 6.14. The van der Waals surface area contributed by atoms with E-state index in [0.29, 0.717) is 12.5 Å². The highest BCUT2D eigenvalue weighted by atomic mass is 16.5. The van der Waals surface area contributed by atoms with E-state index in [9.17, 15) is 0 Å². The highest BCUT2D eigenvalue weighted by Crippen LogP contribution is 2.28. The van der Waals surface area contributed by atoms with Crippen LogP contribution in [-0.4, -0.2) is 51.5 Å². The second-order valence-corrected chi connectivity index (χ2v) is 6.14. The van der Waals surface area contributed by atoms with Gasteiger partial charge in [-0.25, -0.2) is 0 Å². The number of rotatable bonds is 7. The van der Waals surface area contributed by atoms with Crippen LogP contribution in [0.2, 0.25) is 0 Å².